The highest BCUT2D eigenvalue weighted by atomic mass is 16.5. The number of hydrogen-bond acceptors (Lipinski definition) is 5. The number of carbonyl (C=O) groups excluding carboxylic acids is 2. The molecule has 0 aliphatic carbocycles. The number of anilines is 1. The molecule has 0 bridgehead atoms. The van der Waals surface area contributed by atoms with E-state index in [0.717, 1.165) is 11.1 Å². The number of carbonyl (C=O) groups is 2. The van der Waals surface area contributed by atoms with E-state index in [-0.39, 0.29) is 24.1 Å². The zero-order chi connectivity index (χ0) is 21.8. The molecule has 1 N–H and O–H groups in total. The Morgan fingerprint density at radius 3 is 2.45 bits per heavy atom. The number of ether oxygens (including phenoxy) is 1. The molecule has 6 heteroatoms. The Morgan fingerprint density at radius 1 is 0.968 bits per heavy atom. The summed E-state index contributed by atoms with van der Waals surface area (Å²) >= 11 is 0. The lowest BCUT2D eigenvalue weighted by atomic mass is 10.0. The van der Waals surface area contributed by atoms with Crippen LogP contribution >= 0.6 is 0 Å². The highest BCUT2D eigenvalue weighted by Gasteiger charge is 2.39. The third-order valence-corrected chi connectivity index (χ3v) is 5.02. The first-order chi connectivity index (χ1) is 15.1. The molecule has 0 atom stereocenters. The van der Waals surface area contributed by atoms with Gasteiger partial charge in [0.15, 0.2) is 0 Å². The Balaban J connectivity index is 1.76. The van der Waals surface area contributed by atoms with Crippen LogP contribution in [0, 0.1) is 6.92 Å². The Labute approximate surface area is 181 Å². The molecule has 1 aliphatic rings. The van der Waals surface area contributed by atoms with Crippen molar-refractivity contribution < 1.29 is 14.3 Å². The fourth-order valence-corrected chi connectivity index (χ4v) is 3.48. The minimum absolute atomic E-state index is 0.152. The second kappa shape index (κ2) is 8.83. The molecule has 1 aliphatic heterocycles. The smallest absolute Gasteiger partial charge is 0.278 e. The van der Waals surface area contributed by atoms with Crippen LogP contribution in [0.25, 0.3) is 5.57 Å². The molecule has 3 aromatic rings. The van der Waals surface area contributed by atoms with Crippen molar-refractivity contribution in [3.05, 3.63) is 95.4 Å². The predicted molar refractivity (Wildman–Crippen MR) is 119 cm³/mol. The van der Waals surface area contributed by atoms with Gasteiger partial charge < -0.3 is 10.1 Å². The second-order valence-corrected chi connectivity index (χ2v) is 7.23. The van der Waals surface area contributed by atoms with E-state index in [1.807, 2.05) is 68.4 Å². The number of para-hydroxylation sites is 2. The first kappa shape index (κ1) is 20.3. The van der Waals surface area contributed by atoms with Crippen LogP contribution in [0.5, 0.6) is 5.75 Å². The number of nitrogens with zero attached hydrogens (tertiary/aromatic N) is 2. The van der Waals surface area contributed by atoms with Crippen LogP contribution in [0.3, 0.4) is 0 Å². The minimum Gasteiger partial charge on any atom is -0.492 e. The summed E-state index contributed by atoms with van der Waals surface area (Å²) < 4.78 is 5.69. The third kappa shape index (κ3) is 4.19. The van der Waals surface area contributed by atoms with E-state index in [1.165, 1.54) is 4.90 Å². The van der Waals surface area contributed by atoms with Gasteiger partial charge >= 0.3 is 0 Å². The number of imide groups is 1. The van der Waals surface area contributed by atoms with Gasteiger partial charge in [0.25, 0.3) is 11.8 Å². The van der Waals surface area contributed by atoms with E-state index in [0.29, 0.717) is 29.2 Å². The van der Waals surface area contributed by atoms with E-state index in [1.54, 1.807) is 18.5 Å². The number of rotatable bonds is 7. The summed E-state index contributed by atoms with van der Waals surface area (Å²) in [6.07, 6.45) is 3.31. The van der Waals surface area contributed by atoms with E-state index < -0.39 is 0 Å². The van der Waals surface area contributed by atoms with Crippen molar-refractivity contribution >= 4 is 23.1 Å². The van der Waals surface area contributed by atoms with Crippen molar-refractivity contribution in [1.29, 1.82) is 0 Å². The lowest BCUT2D eigenvalue weighted by Gasteiger charge is -2.16. The highest BCUT2D eigenvalue weighted by molar-refractivity contribution is 6.36. The summed E-state index contributed by atoms with van der Waals surface area (Å²) in [4.78, 5) is 32.1. The molecule has 6 nitrogen and oxygen atoms in total. The number of benzene rings is 2. The van der Waals surface area contributed by atoms with Gasteiger partial charge in [0, 0.05) is 12.4 Å². The summed E-state index contributed by atoms with van der Waals surface area (Å²) in [5.74, 6) is -0.100. The molecule has 31 heavy (non-hydrogen) atoms. The largest absolute Gasteiger partial charge is 0.492 e. The van der Waals surface area contributed by atoms with Crippen LogP contribution in [-0.2, 0) is 16.1 Å². The number of amides is 2. The van der Waals surface area contributed by atoms with Crippen LogP contribution in [0.15, 0.2) is 78.8 Å². The van der Waals surface area contributed by atoms with E-state index in [2.05, 4.69) is 10.3 Å². The highest BCUT2D eigenvalue weighted by Crippen LogP contribution is 2.34. The Hall–Kier alpha value is -3.93. The zero-order valence-electron chi connectivity index (χ0n) is 17.5. The molecular formula is C25H23N3O3. The van der Waals surface area contributed by atoms with Crippen LogP contribution in [0.4, 0.5) is 5.69 Å². The molecule has 0 unspecified atom stereocenters. The van der Waals surface area contributed by atoms with Gasteiger partial charge in [-0.1, -0.05) is 48.0 Å². The molecule has 0 spiro atoms. The quantitative estimate of drug-likeness (QED) is 0.589. The number of aromatic nitrogens is 1. The average Bonchev–Trinajstić information content (AvgIpc) is 3.01. The summed E-state index contributed by atoms with van der Waals surface area (Å²) in [5.41, 5.74) is 3.76. The van der Waals surface area contributed by atoms with Gasteiger partial charge in [-0.2, -0.15) is 0 Å². The molecule has 4 rings (SSSR count). The molecular weight excluding hydrogens is 390 g/mol. The van der Waals surface area contributed by atoms with Gasteiger partial charge in [0.2, 0.25) is 0 Å². The predicted octanol–water partition coefficient (Wildman–Crippen LogP) is 4.18. The molecule has 156 valence electrons. The number of hydrogen-bond donors (Lipinski definition) is 1. The van der Waals surface area contributed by atoms with Crippen LogP contribution in [0.2, 0.25) is 0 Å². The third-order valence-electron chi connectivity index (χ3n) is 5.02. The number of aryl methyl sites for hydroxylation is 1. The van der Waals surface area contributed by atoms with Gasteiger partial charge in [-0.3, -0.25) is 19.5 Å². The summed E-state index contributed by atoms with van der Waals surface area (Å²) in [7, 11) is 0. The van der Waals surface area contributed by atoms with Crippen molar-refractivity contribution in [1.82, 2.24) is 9.88 Å². The Kier molecular flexibility index (Phi) is 5.80. The van der Waals surface area contributed by atoms with Gasteiger partial charge in [0.05, 0.1) is 24.4 Å². The van der Waals surface area contributed by atoms with E-state index >= 15 is 0 Å². The second-order valence-electron chi connectivity index (χ2n) is 7.23. The summed E-state index contributed by atoms with van der Waals surface area (Å²) in [6, 6.07) is 18.6. The molecule has 0 fully saturated rings. The van der Waals surface area contributed by atoms with Crippen molar-refractivity contribution in [2.24, 2.45) is 0 Å². The standard InChI is InChI=1S/C25H23N3O3/c1-3-31-21-9-5-4-8-20(21)27-23-22(19-12-10-17(2)11-13-19)24(29)28(25(23)30)16-18-7-6-14-26-15-18/h4-15,27H,3,16H2,1-2H3. The van der Waals surface area contributed by atoms with E-state index in [4.69, 9.17) is 4.74 Å². The van der Waals surface area contributed by atoms with Gasteiger partial charge in [-0.05, 0) is 43.2 Å². The SMILES string of the molecule is CCOc1ccccc1NC1=C(c2ccc(C)cc2)C(=O)N(Cc2cccnc2)C1=O. The number of pyridine rings is 1. The minimum atomic E-state index is -0.379. The van der Waals surface area contributed by atoms with Crippen molar-refractivity contribution in [3.63, 3.8) is 0 Å². The first-order valence-electron chi connectivity index (χ1n) is 10.1. The maximum atomic E-state index is 13.4. The van der Waals surface area contributed by atoms with Gasteiger partial charge in [-0.15, -0.1) is 0 Å². The average molecular weight is 413 g/mol. The molecule has 2 amide bonds. The molecule has 0 saturated heterocycles. The Morgan fingerprint density at radius 2 is 1.74 bits per heavy atom. The summed E-state index contributed by atoms with van der Waals surface area (Å²) in [5, 5.41) is 3.18. The molecule has 1 aromatic heterocycles. The maximum absolute atomic E-state index is 13.4. The van der Waals surface area contributed by atoms with Gasteiger partial charge in [-0.25, -0.2) is 0 Å². The summed E-state index contributed by atoms with van der Waals surface area (Å²) in [6.45, 7) is 4.52. The van der Waals surface area contributed by atoms with Crippen LogP contribution in [0.1, 0.15) is 23.6 Å². The number of nitrogens with one attached hydrogen (secondary N) is 1. The molecule has 0 saturated carbocycles. The maximum Gasteiger partial charge on any atom is 0.278 e. The normalized spacial score (nSPS) is 13.7. The monoisotopic (exact) mass is 413 g/mol. The fraction of sp³-hybridized carbons (Fsp3) is 0.160. The first-order valence-corrected chi connectivity index (χ1v) is 10.1. The van der Waals surface area contributed by atoms with Crippen molar-refractivity contribution in [3.8, 4) is 5.75 Å². The molecule has 2 heterocycles. The van der Waals surface area contributed by atoms with Crippen LogP contribution in [-0.4, -0.2) is 28.3 Å². The zero-order valence-corrected chi connectivity index (χ0v) is 17.5. The van der Waals surface area contributed by atoms with Gasteiger partial charge in [0.1, 0.15) is 11.4 Å². The molecule has 2 aromatic carbocycles. The van der Waals surface area contributed by atoms with Crippen molar-refractivity contribution in [2.45, 2.75) is 20.4 Å². The van der Waals surface area contributed by atoms with E-state index in [9.17, 15) is 9.59 Å². The topological polar surface area (TPSA) is 71.5 Å². The lowest BCUT2D eigenvalue weighted by Crippen LogP contribution is -2.32. The van der Waals surface area contributed by atoms with Crippen molar-refractivity contribution in [2.75, 3.05) is 11.9 Å². The lowest BCUT2D eigenvalue weighted by molar-refractivity contribution is -0.137. The Bertz CT molecular complexity index is 1140. The van der Waals surface area contributed by atoms with Crippen LogP contribution < -0.4 is 10.1 Å². The molecule has 0 radical (unpaired) electrons. The fourth-order valence-electron chi connectivity index (χ4n) is 3.48.